The van der Waals surface area contributed by atoms with Crippen molar-refractivity contribution >= 4 is 5.91 Å². The Bertz CT molecular complexity index is 186. The average Bonchev–Trinajstić information content (AvgIpc) is 2.12. The first kappa shape index (κ1) is 11.9. The number of rotatable bonds is 6. The molecule has 1 atom stereocenters. The second kappa shape index (κ2) is 7.56. The van der Waals surface area contributed by atoms with Gasteiger partial charge in [-0.25, -0.2) is 0 Å². The molecule has 0 rings (SSSR count). The van der Waals surface area contributed by atoms with Crippen LogP contribution >= 0.6 is 0 Å². The number of carbonyl (C=O) groups is 1. The average molecular weight is 183 g/mol. The molecule has 4 nitrogen and oxygen atoms in total. The number of nitrogens with one attached hydrogen (secondary N) is 1. The van der Waals surface area contributed by atoms with Gasteiger partial charge in [0.2, 0.25) is 5.91 Å². The summed E-state index contributed by atoms with van der Waals surface area (Å²) in [7, 11) is 0. The number of amides is 1. The minimum atomic E-state index is -0.196. The minimum absolute atomic E-state index is 0.196. The van der Waals surface area contributed by atoms with Gasteiger partial charge in [0.15, 0.2) is 6.19 Å². The van der Waals surface area contributed by atoms with Crippen molar-refractivity contribution in [2.24, 2.45) is 11.7 Å². The van der Waals surface area contributed by atoms with Crippen molar-refractivity contribution < 1.29 is 4.79 Å². The smallest absolute Gasteiger partial charge is 0.232 e. The summed E-state index contributed by atoms with van der Waals surface area (Å²) in [6, 6.07) is 0. The van der Waals surface area contributed by atoms with Crippen LogP contribution in [0.15, 0.2) is 0 Å². The van der Waals surface area contributed by atoms with Crippen LogP contribution in [0.3, 0.4) is 0 Å². The standard InChI is InChI=1S/C9H17N3O/c1-2-8(5-6-10)3-4-9(13)12-7-11/h8H,2-6,10H2,1H3,(H,12,13). The summed E-state index contributed by atoms with van der Waals surface area (Å²) in [5.74, 6) is 0.312. The second-order valence-corrected chi connectivity index (χ2v) is 3.05. The number of hydrogen-bond donors (Lipinski definition) is 2. The normalized spacial score (nSPS) is 11.8. The maximum absolute atomic E-state index is 10.9. The van der Waals surface area contributed by atoms with Gasteiger partial charge < -0.3 is 5.73 Å². The minimum Gasteiger partial charge on any atom is -0.330 e. The molecule has 1 amide bonds. The molecule has 74 valence electrons. The van der Waals surface area contributed by atoms with Crippen LogP contribution in [-0.4, -0.2) is 12.5 Å². The molecule has 0 saturated carbocycles. The Hall–Kier alpha value is -1.08. The van der Waals surface area contributed by atoms with E-state index in [0.29, 0.717) is 18.9 Å². The van der Waals surface area contributed by atoms with Crippen LogP contribution in [-0.2, 0) is 4.79 Å². The lowest BCUT2D eigenvalue weighted by Crippen LogP contribution is -2.18. The fourth-order valence-corrected chi connectivity index (χ4v) is 1.25. The summed E-state index contributed by atoms with van der Waals surface area (Å²) in [5, 5.41) is 10.3. The molecular formula is C9H17N3O. The lowest BCUT2D eigenvalue weighted by atomic mass is 9.96. The van der Waals surface area contributed by atoms with Crippen molar-refractivity contribution in [3.05, 3.63) is 0 Å². The van der Waals surface area contributed by atoms with Gasteiger partial charge in [0.1, 0.15) is 0 Å². The summed E-state index contributed by atoms with van der Waals surface area (Å²) in [6.45, 7) is 2.75. The van der Waals surface area contributed by atoms with Crippen LogP contribution in [0.4, 0.5) is 0 Å². The zero-order valence-corrected chi connectivity index (χ0v) is 8.05. The van der Waals surface area contributed by atoms with E-state index in [1.165, 1.54) is 0 Å². The number of nitriles is 1. The van der Waals surface area contributed by atoms with Gasteiger partial charge in [0, 0.05) is 6.42 Å². The van der Waals surface area contributed by atoms with E-state index in [1.54, 1.807) is 6.19 Å². The van der Waals surface area contributed by atoms with Crippen molar-refractivity contribution in [1.29, 1.82) is 5.26 Å². The van der Waals surface area contributed by atoms with Crippen LogP contribution in [0, 0.1) is 17.4 Å². The highest BCUT2D eigenvalue weighted by Gasteiger charge is 2.08. The fourth-order valence-electron chi connectivity index (χ4n) is 1.25. The molecule has 0 radical (unpaired) electrons. The van der Waals surface area contributed by atoms with E-state index >= 15 is 0 Å². The molecule has 0 fully saturated rings. The zero-order valence-electron chi connectivity index (χ0n) is 8.05. The van der Waals surface area contributed by atoms with E-state index in [-0.39, 0.29) is 5.91 Å². The maximum Gasteiger partial charge on any atom is 0.232 e. The summed E-state index contributed by atoms with van der Waals surface area (Å²) >= 11 is 0. The Balaban J connectivity index is 3.59. The van der Waals surface area contributed by atoms with Gasteiger partial charge in [-0.3, -0.25) is 10.1 Å². The van der Waals surface area contributed by atoms with Gasteiger partial charge in [-0.05, 0) is 25.3 Å². The number of nitrogens with zero attached hydrogens (tertiary/aromatic N) is 1. The highest BCUT2D eigenvalue weighted by Crippen LogP contribution is 2.13. The topological polar surface area (TPSA) is 78.9 Å². The van der Waals surface area contributed by atoms with E-state index in [1.807, 2.05) is 0 Å². The van der Waals surface area contributed by atoms with Crippen molar-refractivity contribution in [2.75, 3.05) is 6.54 Å². The Morgan fingerprint density at radius 3 is 2.77 bits per heavy atom. The quantitative estimate of drug-likeness (QED) is 0.471. The van der Waals surface area contributed by atoms with Gasteiger partial charge in [-0.15, -0.1) is 0 Å². The van der Waals surface area contributed by atoms with E-state index in [4.69, 9.17) is 11.0 Å². The SMILES string of the molecule is CCC(CCN)CCC(=O)NC#N. The second-order valence-electron chi connectivity index (χ2n) is 3.05. The van der Waals surface area contributed by atoms with Gasteiger partial charge in [0.25, 0.3) is 0 Å². The third-order valence-corrected chi connectivity index (χ3v) is 2.13. The lowest BCUT2D eigenvalue weighted by molar-refractivity contribution is -0.120. The molecule has 0 heterocycles. The molecule has 0 aliphatic rings. The Kier molecular flexibility index (Phi) is 6.93. The monoisotopic (exact) mass is 183 g/mol. The molecule has 4 heteroatoms. The first-order valence-corrected chi connectivity index (χ1v) is 4.62. The maximum atomic E-state index is 10.9. The van der Waals surface area contributed by atoms with E-state index in [9.17, 15) is 4.79 Å². The van der Waals surface area contributed by atoms with Gasteiger partial charge in [-0.2, -0.15) is 5.26 Å². The Morgan fingerprint density at radius 1 is 1.62 bits per heavy atom. The summed E-state index contributed by atoms with van der Waals surface area (Å²) in [6.07, 6.45) is 4.85. The summed E-state index contributed by atoms with van der Waals surface area (Å²) < 4.78 is 0. The summed E-state index contributed by atoms with van der Waals surface area (Å²) in [5.41, 5.74) is 5.42. The predicted octanol–water partition coefficient (Wildman–Crippen LogP) is 0.739. The third-order valence-electron chi connectivity index (χ3n) is 2.13. The molecular weight excluding hydrogens is 166 g/mol. The highest BCUT2D eigenvalue weighted by atomic mass is 16.1. The van der Waals surface area contributed by atoms with E-state index < -0.39 is 0 Å². The Morgan fingerprint density at radius 2 is 2.31 bits per heavy atom. The van der Waals surface area contributed by atoms with Crippen LogP contribution in [0.5, 0.6) is 0 Å². The molecule has 13 heavy (non-hydrogen) atoms. The zero-order chi connectivity index (χ0) is 10.1. The van der Waals surface area contributed by atoms with Crippen molar-refractivity contribution in [3.8, 4) is 6.19 Å². The third kappa shape index (κ3) is 6.12. The van der Waals surface area contributed by atoms with Crippen molar-refractivity contribution in [3.63, 3.8) is 0 Å². The lowest BCUT2D eigenvalue weighted by Gasteiger charge is -2.11. The fraction of sp³-hybridized carbons (Fsp3) is 0.778. The molecule has 0 bridgehead atoms. The van der Waals surface area contributed by atoms with Gasteiger partial charge in [0.05, 0.1) is 0 Å². The van der Waals surface area contributed by atoms with Crippen LogP contribution in [0.25, 0.3) is 0 Å². The molecule has 0 aliphatic heterocycles. The first-order valence-electron chi connectivity index (χ1n) is 4.62. The first-order chi connectivity index (χ1) is 6.24. The summed E-state index contributed by atoms with van der Waals surface area (Å²) in [4.78, 5) is 10.9. The number of nitrogens with two attached hydrogens (primary N) is 1. The number of hydrogen-bond acceptors (Lipinski definition) is 3. The highest BCUT2D eigenvalue weighted by molar-refractivity contribution is 5.77. The molecule has 0 aliphatic carbocycles. The molecule has 0 aromatic heterocycles. The van der Waals surface area contributed by atoms with Crippen LogP contribution in [0.2, 0.25) is 0 Å². The molecule has 0 aromatic carbocycles. The molecule has 0 aromatic rings. The van der Waals surface area contributed by atoms with Gasteiger partial charge >= 0.3 is 0 Å². The largest absolute Gasteiger partial charge is 0.330 e. The van der Waals surface area contributed by atoms with Gasteiger partial charge in [-0.1, -0.05) is 13.3 Å². The predicted molar refractivity (Wildman–Crippen MR) is 50.4 cm³/mol. The van der Waals surface area contributed by atoms with Crippen LogP contribution in [0.1, 0.15) is 32.6 Å². The van der Waals surface area contributed by atoms with Crippen molar-refractivity contribution in [2.45, 2.75) is 32.6 Å². The Labute approximate surface area is 79.1 Å². The molecule has 0 spiro atoms. The number of carbonyl (C=O) groups excluding carboxylic acids is 1. The molecule has 3 N–H and O–H groups in total. The van der Waals surface area contributed by atoms with Crippen molar-refractivity contribution in [1.82, 2.24) is 5.32 Å². The van der Waals surface area contributed by atoms with Crippen LogP contribution < -0.4 is 11.1 Å². The van der Waals surface area contributed by atoms with E-state index in [0.717, 1.165) is 19.3 Å². The van der Waals surface area contributed by atoms with E-state index in [2.05, 4.69) is 12.2 Å². The molecule has 1 unspecified atom stereocenters. The molecule has 0 saturated heterocycles.